The highest BCUT2D eigenvalue weighted by atomic mass is 16.5. The third-order valence-electron chi connectivity index (χ3n) is 6.64. The minimum absolute atomic E-state index is 0.0771. The topological polar surface area (TPSA) is 111 Å². The Morgan fingerprint density at radius 2 is 1.89 bits per heavy atom. The molecule has 4 aromatic rings. The highest BCUT2D eigenvalue weighted by molar-refractivity contribution is 6.16. The maximum absolute atomic E-state index is 13.2. The molecule has 4 heterocycles. The number of benzene rings is 2. The Morgan fingerprint density at radius 3 is 2.76 bits per heavy atom. The van der Waals surface area contributed by atoms with Gasteiger partial charge in [-0.25, -0.2) is 4.68 Å². The molecule has 0 radical (unpaired) electrons. The highest BCUT2D eigenvalue weighted by Crippen LogP contribution is 2.33. The van der Waals surface area contributed by atoms with Crippen molar-refractivity contribution in [3.05, 3.63) is 77.5 Å². The number of nitrogens with zero attached hydrogens (tertiary/aromatic N) is 6. The molecule has 1 atom stereocenters. The fraction of sp³-hybridized carbons (Fsp3) is 0.296. The molecule has 6 rings (SSSR count). The van der Waals surface area contributed by atoms with Crippen LogP contribution >= 0.6 is 0 Å². The van der Waals surface area contributed by atoms with Gasteiger partial charge in [0.05, 0.1) is 18.5 Å². The monoisotopic (exact) mass is 497 g/mol. The van der Waals surface area contributed by atoms with Crippen LogP contribution in [0.3, 0.4) is 0 Å². The third-order valence-corrected chi connectivity index (χ3v) is 6.64. The molecular formula is C27H27N7O3. The maximum Gasteiger partial charge on any atom is 0.317 e. The van der Waals surface area contributed by atoms with E-state index in [9.17, 15) is 4.79 Å². The summed E-state index contributed by atoms with van der Waals surface area (Å²) in [6.45, 7) is 3.07. The second-order valence-corrected chi connectivity index (χ2v) is 9.04. The molecule has 0 bridgehead atoms. The third kappa shape index (κ3) is 4.51. The molecule has 0 spiro atoms. The number of rotatable bonds is 7. The summed E-state index contributed by atoms with van der Waals surface area (Å²) in [6.07, 6.45) is 2.13. The van der Waals surface area contributed by atoms with E-state index in [0.29, 0.717) is 12.5 Å². The number of methoxy groups -OCH3 is 1. The fourth-order valence-electron chi connectivity index (χ4n) is 4.87. The number of aromatic nitrogens is 4. The fourth-order valence-corrected chi connectivity index (χ4v) is 4.87. The first-order valence-electron chi connectivity index (χ1n) is 12.4. The summed E-state index contributed by atoms with van der Waals surface area (Å²) in [6, 6.07) is 17.9. The number of hydrogen-bond acceptors (Lipinski definition) is 9. The summed E-state index contributed by atoms with van der Waals surface area (Å²) in [5, 5.41) is 16.0. The first-order chi connectivity index (χ1) is 18.2. The Kier molecular flexibility index (Phi) is 6.23. The number of fused-ring (bicyclic) bond motifs is 2. The molecule has 37 heavy (non-hydrogen) atoms. The van der Waals surface area contributed by atoms with Crippen molar-refractivity contribution in [2.75, 3.05) is 37.0 Å². The molecule has 0 saturated heterocycles. The van der Waals surface area contributed by atoms with Crippen LogP contribution in [0.1, 0.15) is 23.1 Å². The number of ketones is 1. The molecule has 2 aliphatic heterocycles. The predicted molar refractivity (Wildman–Crippen MR) is 139 cm³/mol. The van der Waals surface area contributed by atoms with Crippen molar-refractivity contribution in [2.24, 2.45) is 4.99 Å². The van der Waals surface area contributed by atoms with Crippen LogP contribution in [0.25, 0.3) is 11.5 Å². The van der Waals surface area contributed by atoms with Crippen LogP contribution in [0.5, 0.6) is 0 Å². The van der Waals surface area contributed by atoms with E-state index in [1.165, 1.54) is 0 Å². The normalized spacial score (nSPS) is 17.1. The lowest BCUT2D eigenvalue weighted by Crippen LogP contribution is -2.35. The van der Waals surface area contributed by atoms with E-state index in [0.717, 1.165) is 59.8 Å². The zero-order chi connectivity index (χ0) is 25.2. The molecular weight excluding hydrogens is 470 g/mol. The maximum atomic E-state index is 13.2. The number of aryl methyl sites for hydroxylation is 1. The van der Waals surface area contributed by atoms with Gasteiger partial charge in [-0.05, 0) is 12.0 Å². The lowest BCUT2D eigenvalue weighted by atomic mass is 9.96. The van der Waals surface area contributed by atoms with Crippen LogP contribution in [0, 0.1) is 0 Å². The largest absolute Gasteiger partial charge is 0.403 e. The summed E-state index contributed by atoms with van der Waals surface area (Å²) < 4.78 is 13.2. The van der Waals surface area contributed by atoms with E-state index in [4.69, 9.17) is 14.1 Å². The van der Waals surface area contributed by atoms with Crippen LogP contribution in [0.2, 0.25) is 0 Å². The van der Waals surface area contributed by atoms with Crippen molar-refractivity contribution in [3.63, 3.8) is 0 Å². The van der Waals surface area contributed by atoms with Crippen LogP contribution in [-0.2, 0) is 22.5 Å². The molecule has 0 aliphatic carbocycles. The summed E-state index contributed by atoms with van der Waals surface area (Å²) in [7, 11) is 1.69. The van der Waals surface area contributed by atoms with Gasteiger partial charge in [-0.3, -0.25) is 9.79 Å². The number of carbonyl (C=O) groups excluding carboxylic acids is 1. The minimum atomic E-state index is -0.866. The summed E-state index contributed by atoms with van der Waals surface area (Å²) in [5.41, 5.74) is 4.32. The van der Waals surface area contributed by atoms with Gasteiger partial charge in [-0.2, -0.15) is 5.10 Å². The molecule has 10 nitrogen and oxygen atoms in total. The molecule has 2 aromatic heterocycles. The Morgan fingerprint density at radius 1 is 1.05 bits per heavy atom. The average molecular weight is 498 g/mol. The molecule has 188 valence electrons. The van der Waals surface area contributed by atoms with Crippen LogP contribution < -0.4 is 10.2 Å². The summed E-state index contributed by atoms with van der Waals surface area (Å²) >= 11 is 0. The second-order valence-electron chi connectivity index (χ2n) is 9.04. The van der Waals surface area contributed by atoms with E-state index in [-0.39, 0.29) is 18.2 Å². The van der Waals surface area contributed by atoms with Crippen molar-refractivity contribution in [2.45, 2.75) is 25.6 Å². The SMILES string of the molecule is COCCN1CCCn2ncc(-c3nnc(N[C@H]4N=C(c5ccccc5)c5ccccc5CC4=O)o3)c21. The first kappa shape index (κ1) is 23.1. The quantitative estimate of drug-likeness (QED) is 0.415. The van der Waals surface area contributed by atoms with Gasteiger partial charge in [0.15, 0.2) is 11.9 Å². The van der Waals surface area contributed by atoms with Crippen molar-refractivity contribution >= 4 is 23.3 Å². The van der Waals surface area contributed by atoms with Crippen LogP contribution in [0.4, 0.5) is 11.8 Å². The van der Waals surface area contributed by atoms with Crippen LogP contribution in [-0.4, -0.2) is 64.4 Å². The molecule has 2 aromatic carbocycles. The first-order valence-corrected chi connectivity index (χ1v) is 12.4. The van der Waals surface area contributed by atoms with E-state index >= 15 is 0 Å². The van der Waals surface area contributed by atoms with Gasteiger partial charge in [0, 0.05) is 44.3 Å². The predicted octanol–water partition coefficient (Wildman–Crippen LogP) is 3.19. The zero-order valence-corrected chi connectivity index (χ0v) is 20.5. The van der Waals surface area contributed by atoms with Gasteiger partial charge in [0.2, 0.25) is 0 Å². The second kappa shape index (κ2) is 9.98. The molecule has 0 amide bonds. The Labute approximate surface area is 214 Å². The van der Waals surface area contributed by atoms with Gasteiger partial charge >= 0.3 is 6.01 Å². The number of aliphatic imine (C=N–C) groups is 1. The number of hydrogen-bond donors (Lipinski definition) is 1. The standard InChI is InChI=1S/C27H27N7O3/c1-36-15-14-33-12-7-13-34-26(33)21(17-28-34)25-31-32-27(37-25)30-24-22(35)16-19-10-5-6-11-20(19)23(29-24)18-8-3-2-4-9-18/h2-6,8-11,17,24H,7,12-16H2,1H3,(H,30,32)/t24-/m1/s1. The minimum Gasteiger partial charge on any atom is -0.403 e. The Balaban J connectivity index is 1.31. The van der Waals surface area contributed by atoms with Crippen molar-refractivity contribution in [1.82, 2.24) is 20.0 Å². The molecule has 0 unspecified atom stereocenters. The number of anilines is 2. The molecule has 1 N–H and O–H groups in total. The summed E-state index contributed by atoms with van der Waals surface area (Å²) in [5.74, 6) is 1.19. The Hall–Kier alpha value is -4.31. The van der Waals surface area contributed by atoms with Crippen molar-refractivity contribution < 1.29 is 13.9 Å². The number of carbonyl (C=O) groups is 1. The number of nitrogens with one attached hydrogen (secondary N) is 1. The highest BCUT2D eigenvalue weighted by Gasteiger charge is 2.29. The van der Waals surface area contributed by atoms with E-state index in [1.807, 2.05) is 59.3 Å². The lowest BCUT2D eigenvalue weighted by molar-refractivity contribution is -0.119. The van der Waals surface area contributed by atoms with Gasteiger partial charge in [0.1, 0.15) is 11.4 Å². The molecule has 0 saturated carbocycles. The summed E-state index contributed by atoms with van der Waals surface area (Å²) in [4.78, 5) is 20.3. The number of Topliss-reactive ketones (excluding diaryl/α,β-unsaturated/α-hetero) is 1. The molecule has 0 fully saturated rings. The number of ether oxygens (including phenoxy) is 1. The van der Waals surface area contributed by atoms with E-state index in [2.05, 4.69) is 25.5 Å². The van der Waals surface area contributed by atoms with Crippen molar-refractivity contribution in [3.8, 4) is 11.5 Å². The van der Waals surface area contributed by atoms with Crippen molar-refractivity contribution in [1.29, 1.82) is 0 Å². The Bertz CT molecular complexity index is 1440. The molecule has 10 heteroatoms. The van der Waals surface area contributed by atoms with Crippen LogP contribution in [0.15, 0.2) is 70.2 Å². The van der Waals surface area contributed by atoms with E-state index < -0.39 is 6.17 Å². The smallest absolute Gasteiger partial charge is 0.317 e. The van der Waals surface area contributed by atoms with Gasteiger partial charge < -0.3 is 19.4 Å². The average Bonchev–Trinajstić information content (AvgIpc) is 3.55. The lowest BCUT2D eigenvalue weighted by Gasteiger charge is -2.29. The van der Waals surface area contributed by atoms with Gasteiger partial charge in [-0.1, -0.05) is 59.7 Å². The van der Waals surface area contributed by atoms with Gasteiger partial charge in [-0.15, -0.1) is 5.10 Å². The zero-order valence-electron chi connectivity index (χ0n) is 20.5. The van der Waals surface area contributed by atoms with E-state index in [1.54, 1.807) is 13.3 Å². The molecule has 2 aliphatic rings. The van der Waals surface area contributed by atoms with Gasteiger partial charge in [0.25, 0.3) is 5.89 Å².